The fourth-order valence-electron chi connectivity index (χ4n) is 2.80. The topological polar surface area (TPSA) is 56.5 Å². The third-order valence-corrected chi connectivity index (χ3v) is 4.93. The molecule has 0 bridgehead atoms. The molecule has 0 spiro atoms. The molecule has 5 nitrogen and oxygen atoms in total. The van der Waals surface area contributed by atoms with Gasteiger partial charge in [0, 0.05) is 12.0 Å². The lowest BCUT2D eigenvalue weighted by Crippen LogP contribution is -1.97. The van der Waals surface area contributed by atoms with Crippen LogP contribution in [0.2, 0.25) is 0 Å². The van der Waals surface area contributed by atoms with E-state index in [-0.39, 0.29) is 5.82 Å². The molecule has 0 fully saturated rings. The summed E-state index contributed by atoms with van der Waals surface area (Å²) >= 11 is 1.40. The highest BCUT2D eigenvalue weighted by Crippen LogP contribution is 2.32. The van der Waals surface area contributed by atoms with Crippen molar-refractivity contribution in [3.8, 4) is 17.0 Å². The molecular formula is C19H14FN3O2S. The van der Waals surface area contributed by atoms with E-state index >= 15 is 0 Å². The molecule has 0 amide bonds. The van der Waals surface area contributed by atoms with Crippen LogP contribution >= 0.6 is 11.3 Å². The Morgan fingerprint density at radius 1 is 1.19 bits per heavy atom. The average molecular weight is 367 g/mol. The lowest BCUT2D eigenvalue weighted by molar-refractivity contribution is 0.111. The zero-order chi connectivity index (χ0) is 18.1. The Balaban J connectivity index is 1.75. The van der Waals surface area contributed by atoms with Crippen molar-refractivity contribution in [3.63, 3.8) is 0 Å². The van der Waals surface area contributed by atoms with Gasteiger partial charge in [-0.3, -0.25) is 4.79 Å². The van der Waals surface area contributed by atoms with Crippen molar-refractivity contribution in [3.05, 3.63) is 70.6 Å². The molecular weight excluding hydrogens is 353 g/mol. The van der Waals surface area contributed by atoms with Crippen LogP contribution in [-0.4, -0.2) is 28.0 Å². The van der Waals surface area contributed by atoms with Gasteiger partial charge in [-0.25, -0.2) is 9.37 Å². The molecule has 130 valence electrons. The van der Waals surface area contributed by atoms with Crippen molar-refractivity contribution in [2.45, 2.75) is 6.42 Å². The van der Waals surface area contributed by atoms with Crippen LogP contribution in [0.3, 0.4) is 0 Å². The molecule has 4 aromatic rings. The van der Waals surface area contributed by atoms with E-state index in [0.717, 1.165) is 22.4 Å². The summed E-state index contributed by atoms with van der Waals surface area (Å²) in [7, 11) is 1.58. The van der Waals surface area contributed by atoms with Gasteiger partial charge in [-0.15, -0.1) is 0 Å². The summed E-state index contributed by atoms with van der Waals surface area (Å²) in [6.07, 6.45) is 1.31. The second-order valence-corrected chi connectivity index (χ2v) is 6.70. The molecule has 7 heteroatoms. The van der Waals surface area contributed by atoms with Crippen LogP contribution in [0.5, 0.6) is 5.75 Å². The van der Waals surface area contributed by atoms with Crippen molar-refractivity contribution < 1.29 is 13.9 Å². The van der Waals surface area contributed by atoms with E-state index < -0.39 is 0 Å². The largest absolute Gasteiger partial charge is 0.496 e. The van der Waals surface area contributed by atoms with Gasteiger partial charge in [0.1, 0.15) is 28.0 Å². The van der Waals surface area contributed by atoms with Gasteiger partial charge in [-0.1, -0.05) is 35.6 Å². The highest BCUT2D eigenvalue weighted by atomic mass is 32.1. The van der Waals surface area contributed by atoms with Crippen molar-refractivity contribution in [2.75, 3.05) is 7.11 Å². The second kappa shape index (κ2) is 6.68. The van der Waals surface area contributed by atoms with Crippen LogP contribution in [0.25, 0.3) is 16.2 Å². The van der Waals surface area contributed by atoms with Crippen LogP contribution in [0.1, 0.15) is 21.1 Å². The molecule has 2 heterocycles. The van der Waals surface area contributed by atoms with E-state index in [0.29, 0.717) is 28.5 Å². The number of hydrogen-bond donors (Lipinski definition) is 0. The first-order valence-corrected chi connectivity index (χ1v) is 8.72. The van der Waals surface area contributed by atoms with Crippen molar-refractivity contribution in [1.29, 1.82) is 0 Å². The number of ether oxygens (including phenoxy) is 1. The number of rotatable bonds is 5. The Morgan fingerprint density at radius 2 is 1.96 bits per heavy atom. The predicted octanol–water partition coefficient (Wildman–Crippen LogP) is 4.01. The van der Waals surface area contributed by atoms with Gasteiger partial charge in [0.05, 0.1) is 7.11 Å². The normalized spacial score (nSPS) is 11.0. The Morgan fingerprint density at radius 3 is 2.69 bits per heavy atom. The van der Waals surface area contributed by atoms with Gasteiger partial charge in [0.25, 0.3) is 0 Å². The maximum Gasteiger partial charge on any atom is 0.213 e. The Kier molecular flexibility index (Phi) is 4.22. The van der Waals surface area contributed by atoms with Gasteiger partial charge in [0.2, 0.25) is 4.96 Å². The number of methoxy groups -OCH3 is 1. The van der Waals surface area contributed by atoms with E-state index in [1.165, 1.54) is 23.5 Å². The van der Waals surface area contributed by atoms with Gasteiger partial charge < -0.3 is 4.74 Å². The van der Waals surface area contributed by atoms with Crippen molar-refractivity contribution >= 4 is 22.6 Å². The molecule has 0 saturated heterocycles. The number of para-hydroxylation sites is 1. The maximum absolute atomic E-state index is 13.0. The Bertz CT molecular complexity index is 1090. The number of aromatic nitrogens is 3. The number of carbonyl (C=O) groups excluding carboxylic acids is 1. The summed E-state index contributed by atoms with van der Waals surface area (Å²) in [5, 5.41) is 5.31. The molecule has 2 aromatic heterocycles. The van der Waals surface area contributed by atoms with Gasteiger partial charge in [-0.05, 0) is 29.8 Å². The summed E-state index contributed by atoms with van der Waals surface area (Å²) in [6, 6.07) is 13.7. The average Bonchev–Trinajstić information content (AvgIpc) is 3.20. The van der Waals surface area contributed by atoms with Crippen molar-refractivity contribution in [2.24, 2.45) is 0 Å². The number of hydrogen-bond acceptors (Lipinski definition) is 5. The molecule has 0 saturated carbocycles. The highest BCUT2D eigenvalue weighted by molar-refractivity contribution is 7.16. The number of benzene rings is 2. The molecule has 0 N–H and O–H groups in total. The van der Waals surface area contributed by atoms with E-state index in [1.54, 1.807) is 23.8 Å². The summed E-state index contributed by atoms with van der Waals surface area (Å²) < 4.78 is 20.0. The molecule has 26 heavy (non-hydrogen) atoms. The maximum atomic E-state index is 13.0. The van der Waals surface area contributed by atoms with Crippen LogP contribution in [-0.2, 0) is 6.42 Å². The van der Waals surface area contributed by atoms with E-state index in [2.05, 4.69) is 10.1 Å². The number of fused-ring (bicyclic) bond motifs is 1. The monoisotopic (exact) mass is 367 g/mol. The highest BCUT2D eigenvalue weighted by Gasteiger charge is 2.20. The van der Waals surface area contributed by atoms with E-state index in [1.807, 2.05) is 24.3 Å². The molecule has 0 aliphatic heterocycles. The first-order valence-electron chi connectivity index (χ1n) is 7.91. The number of aldehydes is 1. The molecule has 2 aromatic carbocycles. The minimum absolute atomic E-state index is 0.271. The fraction of sp³-hybridized carbons (Fsp3) is 0.105. The van der Waals surface area contributed by atoms with Crippen molar-refractivity contribution in [1.82, 2.24) is 14.6 Å². The van der Waals surface area contributed by atoms with Gasteiger partial charge in [-0.2, -0.15) is 9.61 Å². The molecule has 0 unspecified atom stereocenters. The Labute approximate surface area is 152 Å². The van der Waals surface area contributed by atoms with E-state index in [9.17, 15) is 9.18 Å². The van der Waals surface area contributed by atoms with Crippen LogP contribution < -0.4 is 4.74 Å². The lowest BCUT2D eigenvalue weighted by atomic mass is 10.1. The second-order valence-electron chi connectivity index (χ2n) is 5.66. The standard InChI is InChI=1S/C19H14FN3O2S/c1-25-16-5-3-2-4-14(16)18-15(11-24)23-19(21-18)26-17(22-23)10-12-6-8-13(20)9-7-12/h2-9,11H,10H2,1H3. The summed E-state index contributed by atoms with van der Waals surface area (Å²) in [4.78, 5) is 16.9. The number of carbonyl (C=O) groups is 1. The number of nitrogens with zero attached hydrogens (tertiary/aromatic N) is 3. The number of halogens is 1. The lowest BCUT2D eigenvalue weighted by Gasteiger charge is -2.05. The van der Waals surface area contributed by atoms with Gasteiger partial charge in [0.15, 0.2) is 6.29 Å². The van der Waals surface area contributed by atoms with Crippen LogP contribution in [0.15, 0.2) is 48.5 Å². The predicted molar refractivity (Wildman–Crippen MR) is 97.4 cm³/mol. The first-order chi connectivity index (χ1) is 12.7. The minimum atomic E-state index is -0.271. The minimum Gasteiger partial charge on any atom is -0.496 e. The smallest absolute Gasteiger partial charge is 0.213 e. The third-order valence-electron chi connectivity index (χ3n) is 4.02. The summed E-state index contributed by atoms with van der Waals surface area (Å²) in [6.45, 7) is 0. The van der Waals surface area contributed by atoms with Gasteiger partial charge >= 0.3 is 0 Å². The molecule has 0 aliphatic rings. The zero-order valence-electron chi connectivity index (χ0n) is 13.8. The van der Waals surface area contributed by atoms with E-state index in [4.69, 9.17) is 4.74 Å². The summed E-state index contributed by atoms with van der Waals surface area (Å²) in [5.41, 5.74) is 2.62. The SMILES string of the molecule is COc1ccccc1-c1nc2sc(Cc3ccc(F)cc3)nn2c1C=O. The zero-order valence-corrected chi connectivity index (χ0v) is 14.7. The van der Waals surface area contributed by atoms with Crippen LogP contribution in [0.4, 0.5) is 4.39 Å². The third kappa shape index (κ3) is 2.86. The Hall–Kier alpha value is -3.06. The first kappa shape index (κ1) is 16.4. The number of imidazole rings is 1. The molecule has 4 rings (SSSR count). The van der Waals surface area contributed by atoms with Crippen LogP contribution in [0, 0.1) is 5.82 Å². The molecule has 0 atom stereocenters. The summed E-state index contributed by atoms with van der Waals surface area (Å²) in [5.74, 6) is 0.375. The molecule has 0 radical (unpaired) electrons. The molecule has 0 aliphatic carbocycles. The fourth-order valence-corrected chi connectivity index (χ4v) is 3.73. The quantitative estimate of drug-likeness (QED) is 0.500.